The molecule has 2 heterocycles. The van der Waals surface area contributed by atoms with Crippen LogP contribution in [0, 0.1) is 5.92 Å². The summed E-state index contributed by atoms with van der Waals surface area (Å²) in [6.07, 6.45) is 1.52. The van der Waals surface area contributed by atoms with E-state index in [1.807, 2.05) is 18.7 Å². The fraction of sp³-hybridized carbons (Fsp3) is 0.929. The summed E-state index contributed by atoms with van der Waals surface area (Å²) < 4.78 is 30.9. The number of nitrogens with zero attached hydrogens (tertiary/aromatic N) is 2. The van der Waals surface area contributed by atoms with Gasteiger partial charge < -0.3 is 9.64 Å². The van der Waals surface area contributed by atoms with Crippen LogP contribution >= 0.6 is 0 Å². The lowest BCUT2D eigenvalue weighted by Gasteiger charge is -2.44. The van der Waals surface area contributed by atoms with Crippen LogP contribution < -0.4 is 0 Å². The zero-order valence-corrected chi connectivity index (χ0v) is 14.0. The van der Waals surface area contributed by atoms with Crippen molar-refractivity contribution in [1.29, 1.82) is 0 Å². The molecule has 2 fully saturated rings. The van der Waals surface area contributed by atoms with Gasteiger partial charge in [0.25, 0.3) is 0 Å². The Labute approximate surface area is 127 Å². The van der Waals surface area contributed by atoms with E-state index in [0.717, 1.165) is 12.8 Å². The van der Waals surface area contributed by atoms with E-state index < -0.39 is 10.0 Å². The van der Waals surface area contributed by atoms with Crippen LogP contribution in [0.15, 0.2) is 0 Å². The Hall–Kier alpha value is -0.660. The van der Waals surface area contributed by atoms with Crippen molar-refractivity contribution in [2.24, 2.45) is 5.92 Å². The van der Waals surface area contributed by atoms with Crippen LogP contribution in [0.4, 0.5) is 0 Å². The molecule has 2 aliphatic heterocycles. The highest BCUT2D eigenvalue weighted by Crippen LogP contribution is 2.26. The second-order valence-corrected chi connectivity index (χ2v) is 8.71. The Kier molecular flexibility index (Phi) is 4.95. The summed E-state index contributed by atoms with van der Waals surface area (Å²) >= 11 is 0. The predicted octanol–water partition coefficient (Wildman–Crippen LogP) is 0.686. The highest BCUT2D eigenvalue weighted by atomic mass is 32.2. The van der Waals surface area contributed by atoms with E-state index in [-0.39, 0.29) is 23.1 Å². The molecule has 0 aromatic heterocycles. The third-order valence-electron chi connectivity index (χ3n) is 4.40. The monoisotopic (exact) mass is 318 g/mol. The average molecular weight is 318 g/mol. The van der Waals surface area contributed by atoms with Crippen LogP contribution in [0.2, 0.25) is 0 Å². The van der Waals surface area contributed by atoms with Gasteiger partial charge in [-0.2, -0.15) is 0 Å². The van der Waals surface area contributed by atoms with Gasteiger partial charge in [0.2, 0.25) is 15.9 Å². The van der Waals surface area contributed by atoms with Gasteiger partial charge in [0.05, 0.1) is 30.4 Å². The van der Waals surface area contributed by atoms with E-state index in [1.54, 1.807) is 6.92 Å². The molecule has 6 nitrogen and oxygen atoms in total. The predicted molar refractivity (Wildman–Crippen MR) is 80.4 cm³/mol. The number of carbonyl (C=O) groups excluding carboxylic acids is 1. The number of rotatable bonds is 3. The maximum Gasteiger partial charge on any atom is 0.227 e. The normalized spacial score (nSPS) is 27.6. The van der Waals surface area contributed by atoms with Crippen molar-refractivity contribution in [2.75, 3.05) is 38.6 Å². The SMILES string of the molecule is CCS(=O)(=O)N1CCCC(C(=O)N2CCOCC2(C)C)C1. The Balaban J connectivity index is 2.09. The molecule has 0 N–H and O–H groups in total. The highest BCUT2D eigenvalue weighted by Gasteiger charge is 2.39. The smallest absolute Gasteiger partial charge is 0.227 e. The summed E-state index contributed by atoms with van der Waals surface area (Å²) in [6, 6.07) is 0. The van der Waals surface area contributed by atoms with Crippen molar-refractivity contribution in [3.8, 4) is 0 Å². The first-order valence-corrected chi connectivity index (χ1v) is 9.26. The molecule has 0 bridgehead atoms. The summed E-state index contributed by atoms with van der Waals surface area (Å²) in [4.78, 5) is 14.6. The van der Waals surface area contributed by atoms with Gasteiger partial charge in [0.1, 0.15) is 0 Å². The zero-order valence-electron chi connectivity index (χ0n) is 13.2. The van der Waals surface area contributed by atoms with Gasteiger partial charge in [0, 0.05) is 19.6 Å². The molecule has 0 spiro atoms. The van der Waals surface area contributed by atoms with E-state index in [1.165, 1.54) is 4.31 Å². The molecule has 122 valence electrons. The summed E-state index contributed by atoms with van der Waals surface area (Å²) in [7, 11) is -3.21. The molecule has 0 aromatic carbocycles. The van der Waals surface area contributed by atoms with E-state index in [2.05, 4.69) is 0 Å². The van der Waals surface area contributed by atoms with Crippen LogP contribution in [0.1, 0.15) is 33.6 Å². The molecule has 0 aromatic rings. The molecule has 2 saturated heterocycles. The highest BCUT2D eigenvalue weighted by molar-refractivity contribution is 7.89. The number of amides is 1. The number of hydrogen-bond donors (Lipinski definition) is 0. The molecule has 1 unspecified atom stereocenters. The second kappa shape index (κ2) is 6.22. The lowest BCUT2D eigenvalue weighted by atomic mass is 9.94. The maximum absolute atomic E-state index is 12.8. The average Bonchev–Trinajstić information content (AvgIpc) is 2.46. The fourth-order valence-corrected chi connectivity index (χ4v) is 4.25. The molecular weight excluding hydrogens is 292 g/mol. The Morgan fingerprint density at radius 1 is 1.33 bits per heavy atom. The fourth-order valence-electron chi connectivity index (χ4n) is 3.07. The lowest BCUT2D eigenvalue weighted by Crippen LogP contribution is -2.58. The van der Waals surface area contributed by atoms with Crippen molar-refractivity contribution in [3.05, 3.63) is 0 Å². The molecular formula is C14H26N2O4S. The van der Waals surface area contributed by atoms with Gasteiger partial charge in [-0.25, -0.2) is 12.7 Å². The largest absolute Gasteiger partial charge is 0.377 e. The number of carbonyl (C=O) groups is 1. The molecule has 7 heteroatoms. The molecule has 1 atom stereocenters. The van der Waals surface area contributed by atoms with Crippen LogP contribution in [-0.4, -0.2) is 67.7 Å². The zero-order chi connectivity index (χ0) is 15.7. The first kappa shape index (κ1) is 16.7. The molecule has 0 radical (unpaired) electrons. The van der Waals surface area contributed by atoms with Gasteiger partial charge in [-0.1, -0.05) is 0 Å². The minimum Gasteiger partial charge on any atom is -0.377 e. The minimum absolute atomic E-state index is 0.0688. The molecule has 2 rings (SSSR count). The number of hydrogen-bond acceptors (Lipinski definition) is 4. The second-order valence-electron chi connectivity index (χ2n) is 6.45. The number of ether oxygens (including phenoxy) is 1. The number of piperidine rings is 1. The van der Waals surface area contributed by atoms with Crippen molar-refractivity contribution < 1.29 is 17.9 Å². The van der Waals surface area contributed by atoms with Crippen molar-refractivity contribution in [1.82, 2.24) is 9.21 Å². The standard InChI is InChI=1S/C14H26N2O4S/c1-4-21(18,19)15-7-5-6-12(10-15)13(17)16-8-9-20-11-14(16,2)3/h12H,4-11H2,1-3H3. The van der Waals surface area contributed by atoms with Crippen LogP contribution in [0.25, 0.3) is 0 Å². The molecule has 21 heavy (non-hydrogen) atoms. The summed E-state index contributed by atoms with van der Waals surface area (Å²) in [6.45, 7) is 8.16. The number of sulfonamides is 1. The van der Waals surface area contributed by atoms with E-state index >= 15 is 0 Å². The molecule has 0 aliphatic carbocycles. The number of morpholine rings is 1. The lowest BCUT2D eigenvalue weighted by molar-refractivity contribution is -0.151. The van der Waals surface area contributed by atoms with E-state index in [9.17, 15) is 13.2 Å². The molecule has 1 amide bonds. The van der Waals surface area contributed by atoms with Crippen LogP contribution in [-0.2, 0) is 19.6 Å². The van der Waals surface area contributed by atoms with Crippen LogP contribution in [0.5, 0.6) is 0 Å². The van der Waals surface area contributed by atoms with E-state index in [4.69, 9.17) is 4.74 Å². The van der Waals surface area contributed by atoms with Gasteiger partial charge in [-0.15, -0.1) is 0 Å². The van der Waals surface area contributed by atoms with Crippen molar-refractivity contribution >= 4 is 15.9 Å². The Morgan fingerprint density at radius 3 is 2.67 bits per heavy atom. The third-order valence-corrected chi connectivity index (χ3v) is 6.25. The quantitative estimate of drug-likeness (QED) is 0.768. The van der Waals surface area contributed by atoms with Crippen molar-refractivity contribution in [3.63, 3.8) is 0 Å². The minimum atomic E-state index is -3.21. The summed E-state index contributed by atoms with van der Waals surface area (Å²) in [5.41, 5.74) is -0.318. The van der Waals surface area contributed by atoms with Gasteiger partial charge in [0.15, 0.2) is 0 Å². The van der Waals surface area contributed by atoms with Gasteiger partial charge in [-0.3, -0.25) is 4.79 Å². The van der Waals surface area contributed by atoms with Gasteiger partial charge in [-0.05, 0) is 33.6 Å². The Bertz CT molecular complexity index is 489. The van der Waals surface area contributed by atoms with Crippen LogP contribution in [0.3, 0.4) is 0 Å². The topological polar surface area (TPSA) is 66.9 Å². The first-order chi connectivity index (χ1) is 9.78. The van der Waals surface area contributed by atoms with Gasteiger partial charge >= 0.3 is 0 Å². The summed E-state index contributed by atoms with van der Waals surface area (Å²) in [5, 5.41) is 0. The maximum atomic E-state index is 12.8. The first-order valence-electron chi connectivity index (χ1n) is 7.65. The Morgan fingerprint density at radius 2 is 2.05 bits per heavy atom. The molecule has 0 saturated carbocycles. The van der Waals surface area contributed by atoms with E-state index in [0.29, 0.717) is 32.8 Å². The summed E-state index contributed by atoms with van der Waals surface area (Å²) in [5.74, 6) is -0.0616. The third kappa shape index (κ3) is 3.57. The molecule has 2 aliphatic rings. The van der Waals surface area contributed by atoms with Crippen molar-refractivity contribution in [2.45, 2.75) is 39.2 Å².